The van der Waals surface area contributed by atoms with Crippen molar-refractivity contribution in [1.29, 1.82) is 0 Å². The zero-order chi connectivity index (χ0) is 22.8. The summed E-state index contributed by atoms with van der Waals surface area (Å²) in [5.41, 5.74) is 2.04. The van der Waals surface area contributed by atoms with E-state index in [1.807, 2.05) is 37.4 Å². The lowest BCUT2D eigenvalue weighted by molar-refractivity contribution is -0.144. The van der Waals surface area contributed by atoms with Crippen LogP contribution < -0.4 is 5.32 Å². The normalized spacial score (nSPS) is 13.9. The summed E-state index contributed by atoms with van der Waals surface area (Å²) in [5.74, 6) is -0.809. The predicted octanol–water partition coefficient (Wildman–Crippen LogP) is 4.60. The quantitative estimate of drug-likeness (QED) is 0.583. The molecule has 0 bridgehead atoms. The van der Waals surface area contributed by atoms with Crippen molar-refractivity contribution >= 4 is 23.5 Å². The van der Waals surface area contributed by atoms with Gasteiger partial charge >= 0.3 is 5.97 Å². The average Bonchev–Trinajstić information content (AvgIpc) is 2.83. The van der Waals surface area contributed by atoms with Gasteiger partial charge in [-0.15, -0.1) is 0 Å². The zero-order valence-corrected chi connectivity index (χ0v) is 18.7. The van der Waals surface area contributed by atoms with Gasteiger partial charge in [0.1, 0.15) is 0 Å². The van der Waals surface area contributed by atoms with Gasteiger partial charge in [-0.1, -0.05) is 61.7 Å². The van der Waals surface area contributed by atoms with E-state index in [2.05, 4.69) is 5.32 Å². The maximum absolute atomic E-state index is 13.0. The molecule has 0 atom stereocenters. The van der Waals surface area contributed by atoms with Crippen LogP contribution in [-0.2, 0) is 20.7 Å². The van der Waals surface area contributed by atoms with Crippen molar-refractivity contribution in [1.82, 2.24) is 4.90 Å². The van der Waals surface area contributed by atoms with E-state index in [1.165, 1.54) is 6.42 Å². The predicted molar refractivity (Wildman–Crippen MR) is 124 cm³/mol. The second-order valence-electron chi connectivity index (χ2n) is 8.26. The Morgan fingerprint density at radius 2 is 1.62 bits per heavy atom. The van der Waals surface area contributed by atoms with E-state index < -0.39 is 5.97 Å². The van der Waals surface area contributed by atoms with E-state index in [1.54, 1.807) is 29.2 Å². The van der Waals surface area contributed by atoms with Crippen molar-refractivity contribution in [3.05, 3.63) is 65.7 Å². The Hall–Kier alpha value is -3.15. The smallest absolute Gasteiger partial charge is 0.306 e. The summed E-state index contributed by atoms with van der Waals surface area (Å²) in [6.07, 6.45) is 6.18. The zero-order valence-electron chi connectivity index (χ0n) is 18.7. The molecule has 1 fully saturated rings. The highest BCUT2D eigenvalue weighted by atomic mass is 16.5. The Labute approximate surface area is 189 Å². The molecule has 2 aromatic carbocycles. The van der Waals surface area contributed by atoms with Crippen LogP contribution in [0, 0.1) is 0 Å². The van der Waals surface area contributed by atoms with Gasteiger partial charge in [0.2, 0.25) is 5.91 Å². The number of ether oxygens (including phenoxy) is 1. The highest BCUT2D eigenvalue weighted by molar-refractivity contribution is 6.04. The molecule has 2 amide bonds. The minimum absolute atomic E-state index is 0.00128. The number of carbonyl (C=O) groups excluding carboxylic acids is 3. The summed E-state index contributed by atoms with van der Waals surface area (Å²) < 4.78 is 5.23. The van der Waals surface area contributed by atoms with Crippen LogP contribution in [0.25, 0.3) is 0 Å². The molecule has 6 heteroatoms. The van der Waals surface area contributed by atoms with Gasteiger partial charge in [0, 0.05) is 25.9 Å². The van der Waals surface area contributed by atoms with Crippen LogP contribution in [0.5, 0.6) is 0 Å². The minimum Gasteiger partial charge on any atom is -0.465 e. The SMILES string of the molecule is CN(C(=O)c1ccccc1NC(=O)CCC(=O)OCCc1ccccc1)C1CCCCC1. The summed E-state index contributed by atoms with van der Waals surface area (Å²) in [5, 5.41) is 2.79. The number of rotatable bonds is 9. The number of para-hydroxylation sites is 1. The lowest BCUT2D eigenvalue weighted by atomic mass is 9.94. The minimum atomic E-state index is -0.405. The third-order valence-corrected chi connectivity index (χ3v) is 5.93. The number of benzene rings is 2. The molecular formula is C26H32N2O4. The molecular weight excluding hydrogens is 404 g/mol. The van der Waals surface area contributed by atoms with Gasteiger partial charge in [-0.25, -0.2) is 0 Å². The van der Waals surface area contributed by atoms with Crippen LogP contribution in [0.1, 0.15) is 60.9 Å². The number of hydrogen-bond acceptors (Lipinski definition) is 4. The average molecular weight is 437 g/mol. The first-order chi connectivity index (χ1) is 15.5. The van der Waals surface area contributed by atoms with Gasteiger partial charge < -0.3 is 15.0 Å². The van der Waals surface area contributed by atoms with E-state index >= 15 is 0 Å². The van der Waals surface area contributed by atoms with Gasteiger partial charge in [-0.2, -0.15) is 0 Å². The summed E-state index contributed by atoms with van der Waals surface area (Å²) in [6.45, 7) is 0.287. The van der Waals surface area contributed by atoms with Gasteiger partial charge in [0.05, 0.1) is 24.3 Å². The van der Waals surface area contributed by atoms with E-state index in [0.29, 0.717) is 17.7 Å². The molecule has 0 heterocycles. The summed E-state index contributed by atoms with van der Waals surface area (Å²) >= 11 is 0. The molecule has 1 aliphatic rings. The van der Waals surface area contributed by atoms with Crippen molar-refractivity contribution in [2.75, 3.05) is 19.0 Å². The molecule has 170 valence electrons. The number of amides is 2. The molecule has 6 nitrogen and oxygen atoms in total. The fourth-order valence-corrected chi connectivity index (χ4v) is 4.03. The maximum Gasteiger partial charge on any atom is 0.306 e. The van der Waals surface area contributed by atoms with Crippen LogP contribution >= 0.6 is 0 Å². The number of nitrogens with one attached hydrogen (secondary N) is 1. The largest absolute Gasteiger partial charge is 0.465 e. The Bertz CT molecular complexity index is 907. The van der Waals surface area contributed by atoms with Crippen molar-refractivity contribution in [3.8, 4) is 0 Å². The number of carbonyl (C=O) groups is 3. The Balaban J connectivity index is 1.47. The highest BCUT2D eigenvalue weighted by Crippen LogP contribution is 2.25. The second kappa shape index (κ2) is 12.0. The van der Waals surface area contributed by atoms with Gasteiger partial charge in [-0.05, 0) is 30.5 Å². The Morgan fingerprint density at radius 3 is 2.38 bits per heavy atom. The topological polar surface area (TPSA) is 75.7 Å². The van der Waals surface area contributed by atoms with E-state index in [9.17, 15) is 14.4 Å². The van der Waals surface area contributed by atoms with Gasteiger partial charge in [-0.3, -0.25) is 14.4 Å². The monoisotopic (exact) mass is 436 g/mol. The molecule has 0 radical (unpaired) electrons. The van der Waals surface area contributed by atoms with Crippen LogP contribution in [0.15, 0.2) is 54.6 Å². The maximum atomic E-state index is 13.0. The Kier molecular flexibility index (Phi) is 8.84. The third-order valence-electron chi connectivity index (χ3n) is 5.93. The van der Waals surface area contributed by atoms with E-state index in [4.69, 9.17) is 4.74 Å². The molecule has 32 heavy (non-hydrogen) atoms. The van der Waals surface area contributed by atoms with Crippen molar-refractivity contribution in [2.45, 2.75) is 57.4 Å². The number of hydrogen-bond donors (Lipinski definition) is 1. The van der Waals surface area contributed by atoms with Gasteiger partial charge in [0.25, 0.3) is 5.91 Å². The van der Waals surface area contributed by atoms with Crippen LogP contribution in [-0.4, -0.2) is 42.4 Å². The van der Waals surface area contributed by atoms with Crippen LogP contribution in [0.2, 0.25) is 0 Å². The molecule has 1 saturated carbocycles. The molecule has 0 aromatic heterocycles. The van der Waals surface area contributed by atoms with E-state index in [-0.39, 0.29) is 37.3 Å². The molecule has 1 aliphatic carbocycles. The second-order valence-corrected chi connectivity index (χ2v) is 8.26. The Morgan fingerprint density at radius 1 is 0.938 bits per heavy atom. The van der Waals surface area contributed by atoms with Crippen molar-refractivity contribution in [2.24, 2.45) is 0 Å². The number of nitrogens with zero attached hydrogens (tertiary/aromatic N) is 1. The lowest BCUT2D eigenvalue weighted by Crippen LogP contribution is -2.38. The lowest BCUT2D eigenvalue weighted by Gasteiger charge is -2.31. The van der Waals surface area contributed by atoms with Gasteiger partial charge in [0.15, 0.2) is 0 Å². The molecule has 3 rings (SSSR count). The fourth-order valence-electron chi connectivity index (χ4n) is 4.03. The van der Waals surface area contributed by atoms with Crippen molar-refractivity contribution < 1.29 is 19.1 Å². The molecule has 0 unspecified atom stereocenters. The number of anilines is 1. The summed E-state index contributed by atoms with van der Waals surface area (Å²) in [6, 6.07) is 17.0. The molecule has 0 spiro atoms. The van der Waals surface area contributed by atoms with Crippen LogP contribution in [0.4, 0.5) is 5.69 Å². The van der Waals surface area contributed by atoms with Crippen molar-refractivity contribution in [3.63, 3.8) is 0 Å². The fraction of sp³-hybridized carbons (Fsp3) is 0.423. The molecule has 1 N–H and O–H groups in total. The standard InChI is InChI=1S/C26H32N2O4/c1-28(21-12-6-3-7-13-21)26(31)22-14-8-9-15-23(22)27-24(29)16-17-25(30)32-19-18-20-10-4-2-5-11-20/h2,4-5,8-11,14-15,21H,3,6-7,12-13,16-19H2,1H3,(H,27,29). The summed E-state index contributed by atoms with van der Waals surface area (Å²) in [4.78, 5) is 39.2. The highest BCUT2D eigenvalue weighted by Gasteiger charge is 2.24. The first-order valence-electron chi connectivity index (χ1n) is 11.4. The molecule has 0 saturated heterocycles. The van der Waals surface area contributed by atoms with E-state index in [0.717, 1.165) is 31.2 Å². The van der Waals surface area contributed by atoms with Crippen LogP contribution in [0.3, 0.4) is 0 Å². The number of esters is 1. The first-order valence-corrected chi connectivity index (χ1v) is 11.4. The molecule has 2 aromatic rings. The summed E-state index contributed by atoms with van der Waals surface area (Å²) in [7, 11) is 1.84. The first kappa shape index (κ1) is 23.5. The third kappa shape index (κ3) is 6.94. The molecule has 0 aliphatic heterocycles.